The van der Waals surface area contributed by atoms with Gasteiger partial charge in [0.1, 0.15) is 4.90 Å². The third-order valence-corrected chi connectivity index (χ3v) is 4.45. The maximum absolute atomic E-state index is 12.2. The van der Waals surface area contributed by atoms with Crippen molar-refractivity contribution in [2.45, 2.75) is 18.4 Å². The Morgan fingerprint density at radius 2 is 1.95 bits per heavy atom. The van der Waals surface area contributed by atoms with Crippen molar-refractivity contribution in [3.8, 4) is 0 Å². The molecule has 2 rings (SSSR count). The summed E-state index contributed by atoms with van der Waals surface area (Å²) in [4.78, 5) is 0.0472. The molecule has 1 aromatic carbocycles. The van der Waals surface area contributed by atoms with E-state index < -0.39 is 10.0 Å². The van der Waals surface area contributed by atoms with Gasteiger partial charge in [-0.2, -0.15) is 5.10 Å². The number of anilines is 1. The molecule has 1 heterocycles. The summed E-state index contributed by atoms with van der Waals surface area (Å²) in [5.41, 5.74) is 7.04. The van der Waals surface area contributed by atoms with Crippen LogP contribution in [0.2, 0.25) is 0 Å². The first kappa shape index (κ1) is 13.6. The van der Waals surface area contributed by atoms with Crippen LogP contribution in [0.15, 0.2) is 35.2 Å². The summed E-state index contributed by atoms with van der Waals surface area (Å²) in [5.74, 6) is 0.0144. The minimum atomic E-state index is -3.66. The van der Waals surface area contributed by atoms with Gasteiger partial charge in [-0.05, 0) is 12.5 Å². The van der Waals surface area contributed by atoms with Crippen molar-refractivity contribution < 1.29 is 8.42 Å². The Bertz CT molecular complexity index is 677. The Kier molecular flexibility index (Phi) is 3.59. The van der Waals surface area contributed by atoms with Crippen molar-refractivity contribution in [1.29, 1.82) is 0 Å². The first-order valence-electron chi connectivity index (χ1n) is 5.74. The predicted octanol–water partition coefficient (Wildman–Crippen LogP) is 0.789. The second-order valence-corrected chi connectivity index (χ2v) is 5.94. The highest BCUT2D eigenvalue weighted by Crippen LogP contribution is 2.21. The number of nitrogen functional groups attached to an aromatic ring is 1. The van der Waals surface area contributed by atoms with Crippen molar-refractivity contribution in [2.75, 3.05) is 5.73 Å². The zero-order valence-corrected chi connectivity index (χ0v) is 11.6. The third-order valence-electron chi connectivity index (χ3n) is 2.88. The first-order chi connectivity index (χ1) is 8.92. The van der Waals surface area contributed by atoms with Crippen LogP contribution < -0.4 is 10.5 Å². The zero-order valence-electron chi connectivity index (χ0n) is 10.8. The van der Waals surface area contributed by atoms with E-state index in [1.165, 1.54) is 4.68 Å². The van der Waals surface area contributed by atoms with Crippen LogP contribution in [-0.2, 0) is 23.6 Å². The van der Waals surface area contributed by atoms with Crippen LogP contribution in [-0.4, -0.2) is 18.2 Å². The fourth-order valence-electron chi connectivity index (χ4n) is 1.79. The number of benzene rings is 1. The molecule has 6 nitrogen and oxygen atoms in total. The van der Waals surface area contributed by atoms with Gasteiger partial charge in [0.15, 0.2) is 5.82 Å². The van der Waals surface area contributed by atoms with Crippen LogP contribution >= 0.6 is 0 Å². The van der Waals surface area contributed by atoms with Gasteiger partial charge in [0.05, 0.1) is 5.69 Å². The standard InChI is InChI=1S/C12H16N4O2S/c1-9-11(12(13)15-16(9)2)19(17,18)14-8-10-6-4-3-5-7-10/h3-7,14H,8H2,1-2H3,(H2,13,15). The molecule has 0 saturated carbocycles. The Morgan fingerprint density at radius 1 is 1.32 bits per heavy atom. The van der Waals surface area contributed by atoms with Crippen LogP contribution in [0.1, 0.15) is 11.3 Å². The van der Waals surface area contributed by atoms with E-state index >= 15 is 0 Å². The lowest BCUT2D eigenvalue weighted by Gasteiger charge is -2.07. The average Bonchev–Trinajstić information content (AvgIpc) is 2.63. The van der Waals surface area contributed by atoms with Crippen LogP contribution in [0.3, 0.4) is 0 Å². The van der Waals surface area contributed by atoms with E-state index in [1.54, 1.807) is 14.0 Å². The van der Waals surface area contributed by atoms with Gasteiger partial charge in [0.25, 0.3) is 0 Å². The van der Waals surface area contributed by atoms with Crippen molar-refractivity contribution in [3.63, 3.8) is 0 Å². The largest absolute Gasteiger partial charge is 0.381 e. The second kappa shape index (κ2) is 5.02. The van der Waals surface area contributed by atoms with Crippen LogP contribution in [0, 0.1) is 6.92 Å². The number of hydrogen-bond donors (Lipinski definition) is 2. The summed E-state index contributed by atoms with van der Waals surface area (Å²) in [6, 6.07) is 9.28. The van der Waals surface area contributed by atoms with Gasteiger partial charge >= 0.3 is 0 Å². The molecule has 7 heteroatoms. The molecule has 1 aromatic heterocycles. The Balaban J connectivity index is 2.24. The molecule has 0 amide bonds. The minimum absolute atomic E-state index is 0.0144. The number of aromatic nitrogens is 2. The van der Waals surface area contributed by atoms with Gasteiger partial charge in [-0.1, -0.05) is 30.3 Å². The highest BCUT2D eigenvalue weighted by molar-refractivity contribution is 7.89. The lowest BCUT2D eigenvalue weighted by molar-refractivity contribution is 0.580. The van der Waals surface area contributed by atoms with Crippen molar-refractivity contribution in [1.82, 2.24) is 14.5 Å². The lowest BCUT2D eigenvalue weighted by Crippen LogP contribution is -2.24. The fraction of sp³-hybridized carbons (Fsp3) is 0.250. The van der Waals surface area contributed by atoms with Crippen LogP contribution in [0.5, 0.6) is 0 Å². The molecule has 19 heavy (non-hydrogen) atoms. The highest BCUT2D eigenvalue weighted by Gasteiger charge is 2.24. The van der Waals surface area contributed by atoms with Crippen LogP contribution in [0.25, 0.3) is 0 Å². The summed E-state index contributed by atoms with van der Waals surface area (Å²) in [5, 5.41) is 3.91. The number of nitrogens with zero attached hydrogens (tertiary/aromatic N) is 2. The Morgan fingerprint density at radius 3 is 2.47 bits per heavy atom. The lowest BCUT2D eigenvalue weighted by atomic mass is 10.2. The van der Waals surface area contributed by atoms with E-state index in [0.29, 0.717) is 5.69 Å². The molecule has 0 saturated heterocycles. The van der Waals surface area contributed by atoms with Gasteiger partial charge in [-0.15, -0.1) is 0 Å². The fourth-order valence-corrected chi connectivity index (χ4v) is 3.13. The first-order valence-corrected chi connectivity index (χ1v) is 7.23. The van der Waals surface area contributed by atoms with Crippen molar-refractivity contribution in [3.05, 3.63) is 41.6 Å². The normalized spacial score (nSPS) is 11.7. The smallest absolute Gasteiger partial charge is 0.246 e. The number of hydrogen-bond acceptors (Lipinski definition) is 4. The number of sulfonamides is 1. The maximum atomic E-state index is 12.2. The van der Waals surface area contributed by atoms with E-state index in [1.807, 2.05) is 30.3 Å². The zero-order chi connectivity index (χ0) is 14.0. The van der Waals surface area contributed by atoms with E-state index in [9.17, 15) is 8.42 Å². The third kappa shape index (κ3) is 2.77. The van der Waals surface area contributed by atoms with E-state index in [-0.39, 0.29) is 17.3 Å². The van der Waals surface area contributed by atoms with Gasteiger partial charge in [0.2, 0.25) is 10.0 Å². The van der Waals surface area contributed by atoms with E-state index in [2.05, 4.69) is 9.82 Å². The number of aryl methyl sites for hydroxylation is 1. The summed E-state index contributed by atoms with van der Waals surface area (Å²) < 4.78 is 28.4. The van der Waals surface area contributed by atoms with E-state index in [0.717, 1.165) is 5.56 Å². The van der Waals surface area contributed by atoms with Gasteiger partial charge in [-0.25, -0.2) is 13.1 Å². The number of nitrogens with one attached hydrogen (secondary N) is 1. The number of nitrogens with two attached hydrogens (primary N) is 1. The SMILES string of the molecule is Cc1c(S(=O)(=O)NCc2ccccc2)c(N)nn1C. The average molecular weight is 280 g/mol. The number of rotatable bonds is 4. The monoisotopic (exact) mass is 280 g/mol. The van der Waals surface area contributed by atoms with Crippen LogP contribution in [0.4, 0.5) is 5.82 Å². The molecule has 0 atom stereocenters. The van der Waals surface area contributed by atoms with Gasteiger partial charge in [0, 0.05) is 13.6 Å². The van der Waals surface area contributed by atoms with Crippen molar-refractivity contribution >= 4 is 15.8 Å². The predicted molar refractivity (Wildman–Crippen MR) is 72.8 cm³/mol. The molecule has 0 aliphatic rings. The maximum Gasteiger partial charge on any atom is 0.246 e. The van der Waals surface area contributed by atoms with E-state index in [4.69, 9.17) is 5.73 Å². The second-order valence-electron chi connectivity index (χ2n) is 4.23. The molecule has 0 aliphatic carbocycles. The molecule has 0 radical (unpaired) electrons. The molecule has 3 N–H and O–H groups in total. The molecule has 102 valence electrons. The molecule has 0 spiro atoms. The Labute approximate surface area is 112 Å². The molecule has 2 aromatic rings. The molecule has 0 bridgehead atoms. The van der Waals surface area contributed by atoms with Gasteiger partial charge in [-0.3, -0.25) is 4.68 Å². The summed E-state index contributed by atoms with van der Waals surface area (Å²) in [6.07, 6.45) is 0. The molecular formula is C12H16N4O2S. The topological polar surface area (TPSA) is 90.0 Å². The molecule has 0 unspecified atom stereocenters. The molecular weight excluding hydrogens is 264 g/mol. The quantitative estimate of drug-likeness (QED) is 0.866. The summed E-state index contributed by atoms with van der Waals surface area (Å²) in [7, 11) is -2.00. The Hall–Kier alpha value is -1.86. The minimum Gasteiger partial charge on any atom is -0.381 e. The highest BCUT2D eigenvalue weighted by atomic mass is 32.2. The molecule has 0 aliphatic heterocycles. The van der Waals surface area contributed by atoms with Crippen molar-refractivity contribution in [2.24, 2.45) is 7.05 Å². The van der Waals surface area contributed by atoms with Gasteiger partial charge < -0.3 is 5.73 Å². The molecule has 0 fully saturated rings. The summed E-state index contributed by atoms with van der Waals surface area (Å²) in [6.45, 7) is 1.89. The summed E-state index contributed by atoms with van der Waals surface area (Å²) >= 11 is 0.